The summed E-state index contributed by atoms with van der Waals surface area (Å²) < 4.78 is 116. The summed E-state index contributed by atoms with van der Waals surface area (Å²) in [5.74, 6) is -1.56. The largest absolute Gasteiger partial charge is 0.505 e. The minimum atomic E-state index is -4.85. The molecule has 0 radical (unpaired) electrons. The minimum Gasteiger partial charge on any atom is -0.505 e. The lowest BCUT2D eigenvalue weighted by Gasteiger charge is -2.15. The highest BCUT2D eigenvalue weighted by molar-refractivity contribution is 7.86. The Balaban J connectivity index is 0.877. The van der Waals surface area contributed by atoms with E-state index in [2.05, 4.69) is 51.5 Å². The smallest absolute Gasteiger partial charge is 0.296 e. The SMILES string of the molecule is COc1cc(N=Nc2cc(C)c(N=Nc3ccc(N=Nc4ccc(C(=O)Nc5cc6c(OCCCS(=O)(=O)O)cccc6cc5S(=O)(=O)O)c(C)c4)c(C)c3)cc2OCCCS(=O)(=O)O)c(C)cc1N=Nc1ccc2cc(NC(=O)c3ccc(N)cc3)ccc2c1O. The number of nitrogen functional groups attached to an aromatic ring is 1. The molecule has 29 heteroatoms. The summed E-state index contributed by atoms with van der Waals surface area (Å²) >= 11 is 0. The van der Waals surface area contributed by atoms with E-state index in [9.17, 15) is 49.1 Å². The normalized spacial score (nSPS) is 12.2. The number of rotatable bonds is 24. The molecule has 0 aliphatic heterocycles. The molecule has 2 amide bonds. The number of anilines is 3. The molecule has 92 heavy (non-hydrogen) atoms. The van der Waals surface area contributed by atoms with Gasteiger partial charge < -0.3 is 35.7 Å². The first kappa shape index (κ1) is 66.0. The Morgan fingerprint density at radius 3 is 1.65 bits per heavy atom. The van der Waals surface area contributed by atoms with Gasteiger partial charge in [0.25, 0.3) is 42.2 Å². The van der Waals surface area contributed by atoms with Crippen molar-refractivity contribution in [3.05, 3.63) is 179 Å². The number of hydrogen-bond acceptors (Lipinski definition) is 21. The monoisotopic (exact) mass is 1310 g/mol. The number of carbonyl (C=O) groups is 2. The van der Waals surface area contributed by atoms with Crippen LogP contribution in [0.2, 0.25) is 0 Å². The number of nitrogens with two attached hydrogens (primary N) is 1. The van der Waals surface area contributed by atoms with E-state index in [0.717, 1.165) is 0 Å². The van der Waals surface area contributed by atoms with Gasteiger partial charge in [0, 0.05) is 45.4 Å². The number of aryl methyl sites for hydroxylation is 4. The molecular formula is C63H59N11O15S3. The van der Waals surface area contributed by atoms with Crippen LogP contribution in [-0.2, 0) is 30.4 Å². The first-order chi connectivity index (χ1) is 43.7. The van der Waals surface area contributed by atoms with Crippen LogP contribution < -0.4 is 30.6 Å². The zero-order chi connectivity index (χ0) is 66.1. The fraction of sp³-hybridized carbons (Fsp3) is 0.175. The standard InChI is InChI=1S/C63H59N11O15S3/c1-36-27-45(17-19-47(36)63(77)66-56-33-49-41(32-60(56)92(84,85)86)9-6-10-57(49)88-23-7-25-90(78,79)80)67-69-50-22-18-46(28-37(50)2)68-71-53-35-59(89-24-8-26-91(81,82)83)55(30-39(53)4)74-72-52-34-58(87-5)54(29-38(52)3)73-70-51-21-13-42-31-44(16-20-48(42)61(51)75)65-62(76)40-11-14-43(64)15-12-40/h6,9-22,27-35,75H,7-8,23-26,64H2,1-5H3,(H,65,76)(H,66,77)(H,78,79,80)(H,81,82,83)(H,84,85,86). The van der Waals surface area contributed by atoms with Gasteiger partial charge in [-0.05, 0) is 189 Å². The summed E-state index contributed by atoms with van der Waals surface area (Å²) in [6.45, 7) is 6.75. The van der Waals surface area contributed by atoms with Crippen LogP contribution in [0, 0.1) is 27.7 Å². The van der Waals surface area contributed by atoms with Crippen LogP contribution in [-0.4, -0.2) is 87.7 Å². The number of aromatic hydroxyl groups is 1. The molecule has 0 saturated carbocycles. The molecule has 0 aliphatic carbocycles. The Kier molecular flexibility index (Phi) is 20.2. The Morgan fingerprint density at radius 2 is 1.03 bits per heavy atom. The van der Waals surface area contributed by atoms with E-state index in [1.54, 1.807) is 149 Å². The second-order valence-electron chi connectivity index (χ2n) is 20.9. The third kappa shape index (κ3) is 17.1. The van der Waals surface area contributed by atoms with E-state index in [1.165, 1.54) is 31.4 Å². The molecular weight excluding hydrogens is 1250 g/mol. The van der Waals surface area contributed by atoms with Crippen molar-refractivity contribution in [2.75, 3.05) is 48.2 Å². The van der Waals surface area contributed by atoms with E-state index in [0.29, 0.717) is 94.9 Å². The number of ether oxygens (including phenoxy) is 3. The number of phenols is 1. The number of nitrogens with one attached hydrogen (secondary N) is 2. The van der Waals surface area contributed by atoms with E-state index >= 15 is 0 Å². The highest BCUT2D eigenvalue weighted by atomic mass is 32.2. The molecule has 0 unspecified atom stereocenters. The van der Waals surface area contributed by atoms with E-state index < -0.39 is 52.7 Å². The van der Waals surface area contributed by atoms with E-state index in [1.807, 2.05) is 0 Å². The quantitative estimate of drug-likeness (QED) is 0.0128. The van der Waals surface area contributed by atoms with Crippen molar-refractivity contribution in [1.29, 1.82) is 0 Å². The molecule has 9 rings (SSSR count). The summed E-state index contributed by atoms with van der Waals surface area (Å²) in [7, 11) is -11.9. The average Bonchev–Trinajstić information content (AvgIpc) is 0.855. The number of carbonyl (C=O) groups excluding carboxylic acids is 2. The van der Waals surface area contributed by atoms with Gasteiger partial charge in [0.2, 0.25) is 0 Å². The molecule has 0 aliphatic rings. The topological polar surface area (TPSA) is 394 Å². The van der Waals surface area contributed by atoms with Gasteiger partial charge in [-0.2, -0.15) is 50.8 Å². The van der Waals surface area contributed by atoms with Crippen molar-refractivity contribution in [3.63, 3.8) is 0 Å². The summed E-state index contributed by atoms with van der Waals surface area (Å²) in [6, 6.07) is 38.3. The highest BCUT2D eigenvalue weighted by Crippen LogP contribution is 2.42. The van der Waals surface area contributed by atoms with Gasteiger partial charge in [-0.3, -0.25) is 23.2 Å². The summed E-state index contributed by atoms with van der Waals surface area (Å²) in [4.78, 5) is 25.9. The van der Waals surface area contributed by atoms with Crippen LogP contribution in [0.3, 0.4) is 0 Å². The average molecular weight is 1310 g/mol. The Morgan fingerprint density at radius 1 is 0.489 bits per heavy atom. The lowest BCUT2D eigenvalue weighted by atomic mass is 10.1. The number of azo groups is 4. The summed E-state index contributed by atoms with van der Waals surface area (Å²) in [5.41, 5.74) is 12.3. The van der Waals surface area contributed by atoms with Gasteiger partial charge in [0.15, 0.2) is 5.75 Å². The lowest BCUT2D eigenvalue weighted by molar-refractivity contribution is 0.101. The maximum Gasteiger partial charge on any atom is 0.296 e. The number of hydrogen-bond donors (Lipinski definition) is 7. The summed E-state index contributed by atoms with van der Waals surface area (Å²) in [5, 5.41) is 53.8. The van der Waals surface area contributed by atoms with Crippen LogP contribution >= 0.6 is 0 Å². The lowest BCUT2D eigenvalue weighted by Crippen LogP contribution is -2.16. The number of benzene rings is 9. The molecule has 0 spiro atoms. The molecule has 474 valence electrons. The van der Waals surface area contributed by atoms with Gasteiger partial charge in [-0.15, -0.1) is 15.3 Å². The van der Waals surface area contributed by atoms with Gasteiger partial charge in [0.05, 0.1) is 66.0 Å². The Bertz CT molecular complexity index is 4850. The van der Waals surface area contributed by atoms with Crippen molar-refractivity contribution in [2.24, 2.45) is 40.9 Å². The van der Waals surface area contributed by atoms with Crippen molar-refractivity contribution >= 4 is 126 Å². The molecule has 0 atom stereocenters. The maximum absolute atomic E-state index is 13.7. The fourth-order valence-electron chi connectivity index (χ4n) is 9.24. The van der Waals surface area contributed by atoms with Crippen molar-refractivity contribution in [3.8, 4) is 23.0 Å². The third-order valence-corrected chi connectivity index (χ3v) is 16.5. The van der Waals surface area contributed by atoms with Crippen LogP contribution in [0.25, 0.3) is 21.5 Å². The molecule has 0 fully saturated rings. The van der Waals surface area contributed by atoms with E-state index in [4.69, 9.17) is 24.5 Å². The van der Waals surface area contributed by atoms with Gasteiger partial charge >= 0.3 is 0 Å². The molecule has 26 nitrogen and oxygen atoms in total. The van der Waals surface area contributed by atoms with Crippen molar-refractivity contribution < 1.29 is 67.8 Å². The fourth-order valence-corrected chi connectivity index (χ4v) is 10.9. The first-order valence-corrected chi connectivity index (χ1v) is 32.5. The predicted octanol–water partition coefficient (Wildman–Crippen LogP) is 15.2. The minimum absolute atomic E-state index is 0.0387. The Labute approximate surface area is 527 Å². The number of phenolic OH excluding ortho intramolecular Hbond substituents is 1. The number of fused-ring (bicyclic) bond motifs is 2. The van der Waals surface area contributed by atoms with Crippen molar-refractivity contribution in [1.82, 2.24) is 0 Å². The van der Waals surface area contributed by atoms with Gasteiger partial charge in [-0.1, -0.05) is 18.2 Å². The number of nitrogens with zero attached hydrogens (tertiary/aromatic N) is 8. The summed E-state index contributed by atoms with van der Waals surface area (Å²) in [6.07, 6.45) is -0.0891. The second kappa shape index (κ2) is 28.2. The predicted molar refractivity (Wildman–Crippen MR) is 347 cm³/mol. The van der Waals surface area contributed by atoms with Gasteiger partial charge in [-0.25, -0.2) is 0 Å². The third-order valence-electron chi connectivity index (χ3n) is 14.0. The Hall–Kier alpha value is -10.4. The van der Waals surface area contributed by atoms with E-state index in [-0.39, 0.29) is 77.6 Å². The van der Waals surface area contributed by atoms with Crippen LogP contribution in [0.1, 0.15) is 55.8 Å². The highest BCUT2D eigenvalue weighted by Gasteiger charge is 2.22. The second-order valence-corrected chi connectivity index (χ2v) is 25.4. The molecule has 8 N–H and O–H groups in total. The molecule has 0 heterocycles. The molecule has 9 aromatic carbocycles. The van der Waals surface area contributed by atoms with Crippen molar-refractivity contribution in [2.45, 2.75) is 45.4 Å². The molecule has 9 aromatic rings. The molecule has 0 aromatic heterocycles. The number of amides is 2. The zero-order valence-electron chi connectivity index (χ0n) is 49.8. The van der Waals surface area contributed by atoms with Gasteiger partial charge in [0.1, 0.15) is 39.2 Å². The van der Waals surface area contributed by atoms with Crippen LogP contribution in [0.15, 0.2) is 191 Å². The first-order valence-electron chi connectivity index (χ1n) is 27.8. The van der Waals surface area contributed by atoms with Crippen LogP contribution in [0.5, 0.6) is 23.0 Å². The zero-order valence-corrected chi connectivity index (χ0v) is 52.2. The maximum atomic E-state index is 13.7. The number of methoxy groups -OCH3 is 1. The molecule has 0 saturated heterocycles. The van der Waals surface area contributed by atoms with Crippen LogP contribution in [0.4, 0.5) is 62.6 Å². The molecule has 0 bridgehead atoms.